The fourth-order valence-electron chi connectivity index (χ4n) is 4.09. The predicted octanol–water partition coefficient (Wildman–Crippen LogP) is 4.73. The van der Waals surface area contributed by atoms with Crippen molar-refractivity contribution in [3.63, 3.8) is 0 Å². The maximum Gasteiger partial charge on any atom is 0.350 e. The Morgan fingerprint density at radius 2 is 1.05 bits per heavy atom. The summed E-state index contributed by atoms with van der Waals surface area (Å²) in [6, 6.07) is 20.0. The van der Waals surface area contributed by atoms with Crippen molar-refractivity contribution in [1.29, 1.82) is 0 Å². The summed E-state index contributed by atoms with van der Waals surface area (Å²) in [6.45, 7) is 0. The minimum absolute atomic E-state index is 0.00167. The third-order valence-corrected chi connectivity index (χ3v) is 7.77. The number of ether oxygens (including phenoxy) is 4. The van der Waals surface area contributed by atoms with Gasteiger partial charge in [-0.3, -0.25) is 0 Å². The molecular formula is C28H14O10S. The average Bonchev–Trinajstić information content (AvgIpc) is 3.38. The van der Waals surface area contributed by atoms with Gasteiger partial charge in [0.2, 0.25) is 9.84 Å². The summed E-state index contributed by atoms with van der Waals surface area (Å²) in [5, 5.41) is 0. The van der Waals surface area contributed by atoms with Gasteiger partial charge in [-0.1, -0.05) is 6.07 Å². The second-order valence-corrected chi connectivity index (χ2v) is 10.3. The molecule has 11 heteroatoms. The number of hydrogen-bond acceptors (Lipinski definition) is 10. The summed E-state index contributed by atoms with van der Waals surface area (Å²) in [4.78, 5) is 47.1. The molecule has 4 aromatic rings. The Balaban J connectivity index is 1.18. The molecule has 0 saturated heterocycles. The Morgan fingerprint density at radius 3 is 1.72 bits per heavy atom. The number of hydrogen-bond donors (Lipinski definition) is 0. The van der Waals surface area contributed by atoms with E-state index in [-0.39, 0.29) is 49.3 Å². The van der Waals surface area contributed by atoms with E-state index in [0.29, 0.717) is 5.75 Å². The molecule has 2 aliphatic heterocycles. The Labute approximate surface area is 220 Å². The lowest BCUT2D eigenvalue weighted by Crippen LogP contribution is -2.02. The molecule has 0 spiro atoms. The zero-order valence-corrected chi connectivity index (χ0v) is 20.4. The standard InChI is InChI=1S/C28H14O10S/c29-25-20-13-8-17(14-22(20)27(31)37-25)35-15-4-9-18(10-5-15)39(33,34)19-11-6-16(7-12-19)36-23-3-1-2-21-24(23)28(32)38-26(21)30/h1-14H. The molecule has 4 aromatic carbocycles. The van der Waals surface area contributed by atoms with Gasteiger partial charge in [0, 0.05) is 0 Å². The molecule has 0 saturated carbocycles. The normalized spacial score (nSPS) is 13.9. The molecule has 6 rings (SSSR count). The van der Waals surface area contributed by atoms with Crippen LogP contribution in [0.25, 0.3) is 0 Å². The molecule has 0 aliphatic carbocycles. The quantitative estimate of drug-likeness (QED) is 0.248. The molecule has 192 valence electrons. The van der Waals surface area contributed by atoms with Gasteiger partial charge in [-0.05, 0) is 78.9 Å². The Morgan fingerprint density at radius 1 is 0.513 bits per heavy atom. The first kappa shape index (κ1) is 24.1. The van der Waals surface area contributed by atoms with Crippen molar-refractivity contribution in [2.75, 3.05) is 0 Å². The maximum absolute atomic E-state index is 13.1. The molecule has 0 aromatic heterocycles. The van der Waals surface area contributed by atoms with Gasteiger partial charge in [0.1, 0.15) is 28.6 Å². The number of carbonyl (C=O) groups is 4. The van der Waals surface area contributed by atoms with Gasteiger partial charge in [0.25, 0.3) is 0 Å². The van der Waals surface area contributed by atoms with Crippen LogP contribution in [0.1, 0.15) is 41.4 Å². The monoisotopic (exact) mass is 542 g/mol. The topological polar surface area (TPSA) is 139 Å². The van der Waals surface area contributed by atoms with E-state index < -0.39 is 33.7 Å². The molecule has 2 aliphatic rings. The Bertz CT molecular complexity index is 1820. The molecule has 0 unspecified atom stereocenters. The highest BCUT2D eigenvalue weighted by atomic mass is 32.2. The van der Waals surface area contributed by atoms with Crippen LogP contribution in [0.15, 0.2) is 94.7 Å². The second-order valence-electron chi connectivity index (χ2n) is 8.39. The first-order chi connectivity index (χ1) is 18.7. The first-order valence-electron chi connectivity index (χ1n) is 11.3. The number of fused-ring (bicyclic) bond motifs is 2. The lowest BCUT2D eigenvalue weighted by atomic mass is 10.1. The lowest BCUT2D eigenvalue weighted by molar-refractivity contribution is 0.0425. The molecule has 0 atom stereocenters. The van der Waals surface area contributed by atoms with Crippen LogP contribution in [0, 0.1) is 0 Å². The van der Waals surface area contributed by atoms with Crippen LogP contribution >= 0.6 is 0 Å². The fraction of sp³-hybridized carbons (Fsp3) is 0. The maximum atomic E-state index is 13.1. The Kier molecular flexibility index (Phi) is 5.51. The van der Waals surface area contributed by atoms with Crippen molar-refractivity contribution in [3.05, 3.63) is 107 Å². The third kappa shape index (κ3) is 4.20. The molecule has 0 N–H and O–H groups in total. The number of carbonyl (C=O) groups excluding carboxylic acids is 4. The van der Waals surface area contributed by atoms with Crippen molar-refractivity contribution < 1.29 is 46.5 Å². The number of benzene rings is 4. The van der Waals surface area contributed by atoms with Crippen molar-refractivity contribution in [1.82, 2.24) is 0 Å². The van der Waals surface area contributed by atoms with Gasteiger partial charge in [0.15, 0.2) is 0 Å². The minimum Gasteiger partial charge on any atom is -0.457 e. The fourth-order valence-corrected chi connectivity index (χ4v) is 5.35. The van der Waals surface area contributed by atoms with Gasteiger partial charge >= 0.3 is 23.9 Å². The molecular weight excluding hydrogens is 528 g/mol. The van der Waals surface area contributed by atoms with Crippen LogP contribution < -0.4 is 9.47 Å². The summed E-state index contributed by atoms with van der Waals surface area (Å²) in [7, 11) is -3.89. The number of sulfone groups is 1. The van der Waals surface area contributed by atoms with E-state index in [0.717, 1.165) is 0 Å². The number of rotatable bonds is 6. The van der Waals surface area contributed by atoms with Crippen molar-refractivity contribution in [2.45, 2.75) is 9.79 Å². The van der Waals surface area contributed by atoms with Crippen LogP contribution in [-0.2, 0) is 19.3 Å². The molecule has 2 heterocycles. The van der Waals surface area contributed by atoms with Crippen molar-refractivity contribution in [2.24, 2.45) is 0 Å². The molecule has 10 nitrogen and oxygen atoms in total. The second kappa shape index (κ2) is 8.92. The van der Waals surface area contributed by atoms with E-state index in [2.05, 4.69) is 9.47 Å². The smallest absolute Gasteiger partial charge is 0.350 e. The highest BCUT2D eigenvalue weighted by Gasteiger charge is 2.33. The zero-order chi connectivity index (χ0) is 27.3. The van der Waals surface area contributed by atoms with Gasteiger partial charge in [-0.2, -0.15) is 0 Å². The SMILES string of the molecule is O=C1OC(=O)c2cc(Oc3ccc(S(=O)(=O)c4ccc(Oc5cccc6c5C(=O)OC6=O)cc4)cc3)ccc21. The van der Waals surface area contributed by atoms with Gasteiger partial charge < -0.3 is 18.9 Å². The van der Waals surface area contributed by atoms with E-state index in [9.17, 15) is 27.6 Å². The van der Waals surface area contributed by atoms with E-state index in [4.69, 9.17) is 9.47 Å². The number of cyclic esters (lactones) is 4. The van der Waals surface area contributed by atoms with Gasteiger partial charge in [0.05, 0.1) is 26.5 Å². The summed E-state index contributed by atoms with van der Waals surface area (Å²) in [6.07, 6.45) is 0. The van der Waals surface area contributed by atoms with E-state index in [1.165, 1.54) is 78.9 Å². The summed E-state index contributed by atoms with van der Waals surface area (Å²) in [5.74, 6) is -2.11. The number of esters is 4. The van der Waals surface area contributed by atoms with Gasteiger partial charge in [-0.15, -0.1) is 0 Å². The van der Waals surface area contributed by atoms with E-state index in [1.54, 1.807) is 6.07 Å². The lowest BCUT2D eigenvalue weighted by Gasteiger charge is -2.10. The van der Waals surface area contributed by atoms with E-state index in [1.807, 2.05) is 0 Å². The van der Waals surface area contributed by atoms with Crippen molar-refractivity contribution >= 4 is 33.7 Å². The molecule has 39 heavy (non-hydrogen) atoms. The zero-order valence-electron chi connectivity index (χ0n) is 19.6. The molecule has 0 radical (unpaired) electrons. The largest absolute Gasteiger partial charge is 0.457 e. The van der Waals surface area contributed by atoms with Crippen LogP contribution in [-0.4, -0.2) is 32.3 Å². The summed E-state index contributed by atoms with van der Waals surface area (Å²) in [5.41, 5.74) is 0.345. The Hall–Kier alpha value is -5.29. The summed E-state index contributed by atoms with van der Waals surface area (Å²) < 4.78 is 46.9. The highest BCUT2D eigenvalue weighted by Crippen LogP contribution is 2.34. The first-order valence-corrected chi connectivity index (χ1v) is 12.8. The van der Waals surface area contributed by atoms with Crippen LogP contribution in [0.4, 0.5) is 0 Å². The minimum atomic E-state index is -3.89. The molecule has 0 bridgehead atoms. The van der Waals surface area contributed by atoms with Crippen LogP contribution in [0.2, 0.25) is 0 Å². The van der Waals surface area contributed by atoms with Crippen LogP contribution in [0.5, 0.6) is 23.0 Å². The highest BCUT2D eigenvalue weighted by molar-refractivity contribution is 7.91. The van der Waals surface area contributed by atoms with Crippen LogP contribution in [0.3, 0.4) is 0 Å². The average molecular weight is 542 g/mol. The van der Waals surface area contributed by atoms with Crippen molar-refractivity contribution in [3.8, 4) is 23.0 Å². The third-order valence-electron chi connectivity index (χ3n) is 5.98. The molecule has 0 fully saturated rings. The van der Waals surface area contributed by atoms with Gasteiger partial charge in [-0.25, -0.2) is 27.6 Å². The van der Waals surface area contributed by atoms with E-state index >= 15 is 0 Å². The predicted molar refractivity (Wildman–Crippen MR) is 131 cm³/mol. The molecule has 0 amide bonds. The summed E-state index contributed by atoms with van der Waals surface area (Å²) >= 11 is 0.